The highest BCUT2D eigenvalue weighted by atomic mass is 35.5. The number of carbonyl (C=O) groups excluding carboxylic acids is 1. The largest absolute Gasteiger partial charge is 0.477 e. The van der Waals surface area contributed by atoms with E-state index in [4.69, 9.17) is 27.9 Å². The second-order valence-corrected chi connectivity index (χ2v) is 9.21. The van der Waals surface area contributed by atoms with Crippen molar-refractivity contribution in [2.75, 3.05) is 32.8 Å². The molecule has 2 aromatic carbocycles. The molecular weight excluding hydrogens is 457 g/mol. The van der Waals surface area contributed by atoms with E-state index in [1.165, 1.54) is 45.6 Å². The third kappa shape index (κ3) is 5.01. The zero-order valence-electron chi connectivity index (χ0n) is 15.5. The van der Waals surface area contributed by atoms with Crippen molar-refractivity contribution in [1.82, 2.24) is 9.21 Å². The molecule has 0 unspecified atom stereocenters. The first kappa shape index (κ1) is 22.3. The van der Waals surface area contributed by atoms with Crippen LogP contribution in [0.4, 0.5) is 5.69 Å². The van der Waals surface area contributed by atoms with Gasteiger partial charge in [-0.2, -0.15) is 4.31 Å². The average Bonchev–Trinajstić information content (AvgIpc) is 2.73. The first-order chi connectivity index (χ1) is 14.2. The zero-order chi connectivity index (χ0) is 21.9. The minimum Gasteiger partial charge on any atom is -0.477 e. The monoisotopic (exact) mass is 473 g/mol. The number of carbonyl (C=O) groups is 1. The van der Waals surface area contributed by atoms with Crippen molar-refractivity contribution in [3.05, 3.63) is 62.6 Å². The van der Waals surface area contributed by atoms with Gasteiger partial charge in [0.05, 0.1) is 9.82 Å². The number of hydrogen-bond acceptors (Lipinski definition) is 6. The predicted molar refractivity (Wildman–Crippen MR) is 110 cm³/mol. The van der Waals surface area contributed by atoms with Gasteiger partial charge in [-0.1, -0.05) is 23.2 Å². The van der Waals surface area contributed by atoms with Gasteiger partial charge in [0.2, 0.25) is 10.0 Å². The lowest BCUT2D eigenvalue weighted by Crippen LogP contribution is -2.51. The molecule has 0 atom stereocenters. The molecule has 30 heavy (non-hydrogen) atoms. The fraction of sp³-hybridized carbons (Fsp3) is 0.278. The Hall–Kier alpha value is -2.40. The fourth-order valence-corrected chi connectivity index (χ4v) is 4.63. The second-order valence-electron chi connectivity index (χ2n) is 6.40. The van der Waals surface area contributed by atoms with E-state index in [2.05, 4.69) is 0 Å². The smallest absolute Gasteiger partial charge is 0.312 e. The minimum absolute atomic E-state index is 0.0679. The highest BCUT2D eigenvalue weighted by Gasteiger charge is 2.30. The van der Waals surface area contributed by atoms with Crippen molar-refractivity contribution in [1.29, 1.82) is 0 Å². The zero-order valence-corrected chi connectivity index (χ0v) is 17.9. The molecule has 160 valence electrons. The maximum Gasteiger partial charge on any atom is 0.312 e. The summed E-state index contributed by atoms with van der Waals surface area (Å²) in [6, 6.07) is 9.76. The van der Waals surface area contributed by atoms with E-state index in [0.717, 1.165) is 6.07 Å². The minimum atomic E-state index is -3.68. The summed E-state index contributed by atoms with van der Waals surface area (Å²) in [5.74, 6) is -0.468. The highest BCUT2D eigenvalue weighted by Crippen LogP contribution is 2.30. The van der Waals surface area contributed by atoms with Gasteiger partial charge in [0.1, 0.15) is 0 Å². The van der Waals surface area contributed by atoms with Crippen LogP contribution < -0.4 is 4.74 Å². The second kappa shape index (κ2) is 9.17. The molecule has 1 fully saturated rings. The number of nitro groups is 1. The van der Waals surface area contributed by atoms with Crippen molar-refractivity contribution in [2.24, 2.45) is 0 Å². The molecule has 9 nitrogen and oxygen atoms in total. The average molecular weight is 474 g/mol. The van der Waals surface area contributed by atoms with E-state index in [9.17, 15) is 23.3 Å². The van der Waals surface area contributed by atoms with Crippen LogP contribution in [0, 0.1) is 10.1 Å². The number of nitrogens with zero attached hydrogens (tertiary/aromatic N) is 3. The molecule has 0 radical (unpaired) electrons. The number of ether oxygens (including phenoxy) is 1. The van der Waals surface area contributed by atoms with Gasteiger partial charge < -0.3 is 9.64 Å². The number of amides is 1. The summed E-state index contributed by atoms with van der Waals surface area (Å²) in [6.07, 6.45) is 0. The van der Waals surface area contributed by atoms with Gasteiger partial charge >= 0.3 is 5.69 Å². The Morgan fingerprint density at radius 1 is 1.03 bits per heavy atom. The van der Waals surface area contributed by atoms with E-state index in [1.54, 1.807) is 0 Å². The summed E-state index contributed by atoms with van der Waals surface area (Å²) in [6.45, 7) is 0.192. The molecule has 0 aromatic heterocycles. The Labute approximate surface area is 182 Å². The van der Waals surface area contributed by atoms with Crippen LogP contribution >= 0.6 is 23.2 Å². The quantitative estimate of drug-likeness (QED) is 0.471. The summed E-state index contributed by atoms with van der Waals surface area (Å²) in [7, 11) is -3.68. The first-order valence-electron chi connectivity index (χ1n) is 8.79. The van der Waals surface area contributed by atoms with Crippen molar-refractivity contribution in [3.8, 4) is 5.75 Å². The van der Waals surface area contributed by atoms with Crippen molar-refractivity contribution < 1.29 is 22.9 Å². The predicted octanol–water partition coefficient (Wildman–Crippen LogP) is 2.81. The van der Waals surface area contributed by atoms with Crippen LogP contribution in [0.25, 0.3) is 0 Å². The molecule has 0 spiro atoms. The Morgan fingerprint density at radius 2 is 1.63 bits per heavy atom. The summed E-state index contributed by atoms with van der Waals surface area (Å²) in [4.78, 5) is 24.4. The van der Waals surface area contributed by atoms with Crippen LogP contribution in [0.5, 0.6) is 5.75 Å². The van der Waals surface area contributed by atoms with Crippen LogP contribution in [0.15, 0.2) is 47.4 Å². The summed E-state index contributed by atoms with van der Waals surface area (Å²) in [5.41, 5.74) is -0.339. The lowest BCUT2D eigenvalue weighted by Gasteiger charge is -2.33. The molecule has 1 amide bonds. The molecule has 3 rings (SSSR count). The molecule has 0 bridgehead atoms. The van der Waals surface area contributed by atoms with Gasteiger partial charge in [-0.25, -0.2) is 8.42 Å². The Balaban J connectivity index is 1.58. The molecule has 1 aliphatic heterocycles. The molecule has 0 aliphatic carbocycles. The summed E-state index contributed by atoms with van der Waals surface area (Å²) in [5, 5.41) is 11.7. The van der Waals surface area contributed by atoms with E-state index in [0.29, 0.717) is 5.02 Å². The van der Waals surface area contributed by atoms with Crippen LogP contribution in [0.1, 0.15) is 0 Å². The maximum absolute atomic E-state index is 12.7. The van der Waals surface area contributed by atoms with Crippen LogP contribution in [-0.2, 0) is 14.8 Å². The number of halogens is 2. The van der Waals surface area contributed by atoms with E-state index < -0.39 is 27.5 Å². The Morgan fingerprint density at radius 3 is 2.23 bits per heavy atom. The number of hydrogen-bond donors (Lipinski definition) is 0. The molecule has 12 heteroatoms. The SMILES string of the molecule is O=C(COc1ccc(Cl)cc1[N+](=O)[O-])N1CCN(S(=O)(=O)c2ccc(Cl)cc2)CC1. The lowest BCUT2D eigenvalue weighted by atomic mass is 10.3. The van der Waals surface area contributed by atoms with E-state index in [1.807, 2.05) is 0 Å². The van der Waals surface area contributed by atoms with Gasteiger partial charge in [0, 0.05) is 42.3 Å². The number of sulfonamides is 1. The number of benzene rings is 2. The number of nitro benzene ring substituents is 1. The standard InChI is InChI=1S/C18H17Cl2N3O6S/c19-13-1-4-15(5-2-13)30(27,28)22-9-7-21(8-10-22)18(24)12-29-17-6-3-14(20)11-16(17)23(25)26/h1-6,11H,7-10,12H2. The molecule has 1 saturated heterocycles. The summed E-state index contributed by atoms with van der Waals surface area (Å²) < 4.78 is 32.0. The van der Waals surface area contributed by atoms with Crippen molar-refractivity contribution >= 4 is 44.8 Å². The van der Waals surface area contributed by atoms with Gasteiger partial charge in [-0.05, 0) is 36.4 Å². The molecule has 0 saturated carbocycles. The first-order valence-corrected chi connectivity index (χ1v) is 11.0. The van der Waals surface area contributed by atoms with E-state index in [-0.39, 0.29) is 47.5 Å². The molecule has 1 aliphatic rings. The highest BCUT2D eigenvalue weighted by molar-refractivity contribution is 7.89. The molecule has 0 N–H and O–H groups in total. The van der Waals surface area contributed by atoms with Crippen LogP contribution in [0.2, 0.25) is 10.0 Å². The molecule has 1 heterocycles. The lowest BCUT2D eigenvalue weighted by molar-refractivity contribution is -0.385. The maximum atomic E-state index is 12.7. The molecular formula is C18H17Cl2N3O6S. The van der Waals surface area contributed by atoms with Crippen molar-refractivity contribution in [3.63, 3.8) is 0 Å². The third-order valence-corrected chi connectivity index (χ3v) is 6.91. The van der Waals surface area contributed by atoms with E-state index >= 15 is 0 Å². The van der Waals surface area contributed by atoms with Gasteiger partial charge in [-0.15, -0.1) is 0 Å². The van der Waals surface area contributed by atoms with Gasteiger partial charge in [0.25, 0.3) is 5.91 Å². The fourth-order valence-electron chi connectivity index (χ4n) is 2.92. The number of rotatable bonds is 6. The topological polar surface area (TPSA) is 110 Å². The van der Waals surface area contributed by atoms with Crippen LogP contribution in [-0.4, -0.2) is 61.2 Å². The van der Waals surface area contributed by atoms with Gasteiger partial charge in [-0.3, -0.25) is 14.9 Å². The number of piperazine rings is 1. The molecule has 2 aromatic rings. The Kier molecular flexibility index (Phi) is 6.81. The Bertz CT molecular complexity index is 1050. The van der Waals surface area contributed by atoms with Crippen LogP contribution in [0.3, 0.4) is 0 Å². The van der Waals surface area contributed by atoms with Gasteiger partial charge in [0.15, 0.2) is 12.4 Å². The summed E-state index contributed by atoms with van der Waals surface area (Å²) >= 11 is 11.6. The van der Waals surface area contributed by atoms with Crippen molar-refractivity contribution in [2.45, 2.75) is 4.90 Å². The normalized spacial score (nSPS) is 15.1. The third-order valence-electron chi connectivity index (χ3n) is 4.51.